The van der Waals surface area contributed by atoms with Crippen molar-refractivity contribution in [3.05, 3.63) is 70.9 Å². The molecule has 2 aliphatic carbocycles. The van der Waals surface area contributed by atoms with Crippen LogP contribution in [-0.2, 0) is 33.6 Å². The maximum atomic E-state index is 10.7. The highest BCUT2D eigenvalue weighted by Crippen LogP contribution is 2.64. The average molecular weight is 1150 g/mol. The molecule has 2 atom stereocenters. The van der Waals surface area contributed by atoms with Gasteiger partial charge in [-0.25, -0.2) is 0 Å². The molecule has 2 unspecified atom stereocenters. The monoisotopic (exact) mass is 1150 g/mol. The third-order valence-corrected chi connectivity index (χ3v) is 14.3. The maximum absolute atomic E-state index is 10.7. The highest BCUT2D eigenvalue weighted by atomic mass is 16.1. The quantitative estimate of drug-likeness (QED) is 0.0259. The molecule has 7 heteroatoms. The Morgan fingerprint density at radius 2 is 0.720 bits per heavy atom. The zero-order chi connectivity index (χ0) is 63.2. The van der Waals surface area contributed by atoms with Crippen LogP contribution < -0.4 is 0 Å². The molecule has 2 aliphatic rings. The van der Waals surface area contributed by atoms with Gasteiger partial charge in [-0.3, -0.25) is 9.59 Å². The van der Waals surface area contributed by atoms with Crippen LogP contribution in [0.5, 0.6) is 0 Å². The zero-order valence-electron chi connectivity index (χ0n) is 56.9. The molecule has 0 N–H and O–H groups in total. The number of unbranched alkanes of at least 4 members (excludes halogenated alkanes) is 25. The number of ketones is 2. The highest BCUT2D eigenvalue weighted by Gasteiger charge is 2.57. The summed E-state index contributed by atoms with van der Waals surface area (Å²) in [6.45, 7) is 31.8. The van der Waals surface area contributed by atoms with E-state index in [2.05, 4.69) is 100 Å². The molecule has 0 aliphatic heterocycles. The van der Waals surface area contributed by atoms with Crippen molar-refractivity contribution in [2.75, 3.05) is 0 Å². The Morgan fingerprint density at radius 1 is 0.415 bits per heavy atom. The molecule has 2 rings (SSSR count). The van der Waals surface area contributed by atoms with E-state index in [4.69, 9.17) is 0 Å². The van der Waals surface area contributed by atoms with Crippen molar-refractivity contribution in [1.82, 2.24) is 0 Å². The Labute approximate surface area is 510 Å². The van der Waals surface area contributed by atoms with Crippen molar-refractivity contribution in [1.29, 1.82) is 0 Å². The van der Waals surface area contributed by atoms with Crippen LogP contribution in [0.3, 0.4) is 0 Å². The van der Waals surface area contributed by atoms with Crippen LogP contribution in [-0.4, -0.2) is 43.0 Å². The lowest BCUT2D eigenvalue weighted by Crippen LogP contribution is -1.90. The lowest BCUT2D eigenvalue weighted by Gasteiger charge is -2.05. The van der Waals surface area contributed by atoms with E-state index in [0.717, 1.165) is 120 Å². The van der Waals surface area contributed by atoms with E-state index < -0.39 is 0 Å². The molecule has 7 nitrogen and oxygen atoms in total. The lowest BCUT2D eigenvalue weighted by atomic mass is 10.0. The van der Waals surface area contributed by atoms with Gasteiger partial charge in [0.2, 0.25) is 0 Å². The Hall–Kier alpha value is -3.87. The van der Waals surface area contributed by atoms with Gasteiger partial charge in [-0.15, -0.1) is 0 Å². The molecular weight excluding hydrogens is 1010 g/mol. The fraction of sp³-hybridized carbons (Fsp3) is 0.747. The van der Waals surface area contributed by atoms with Crippen LogP contribution in [0, 0.1) is 17.3 Å². The second kappa shape index (κ2) is 75.1. The van der Waals surface area contributed by atoms with Crippen molar-refractivity contribution in [2.45, 2.75) is 348 Å². The third kappa shape index (κ3) is 84.9. The zero-order valence-corrected chi connectivity index (χ0v) is 56.9. The van der Waals surface area contributed by atoms with Gasteiger partial charge in [0.1, 0.15) is 43.0 Å². The van der Waals surface area contributed by atoms with Crippen LogP contribution in [0.1, 0.15) is 348 Å². The van der Waals surface area contributed by atoms with Gasteiger partial charge >= 0.3 is 0 Å². The van der Waals surface area contributed by atoms with Crippen molar-refractivity contribution in [3.63, 3.8) is 0 Å². The van der Waals surface area contributed by atoms with Crippen LogP contribution in [0.2, 0.25) is 0 Å². The molecule has 0 bridgehead atoms. The van der Waals surface area contributed by atoms with Crippen molar-refractivity contribution in [2.24, 2.45) is 17.3 Å². The topological polar surface area (TPSA) is 119 Å². The van der Waals surface area contributed by atoms with Gasteiger partial charge in [-0.2, -0.15) is 0 Å². The Morgan fingerprint density at radius 3 is 1.04 bits per heavy atom. The average Bonchev–Trinajstić information content (AvgIpc) is 4.03. The molecule has 1 fully saturated rings. The summed E-state index contributed by atoms with van der Waals surface area (Å²) >= 11 is 0. The number of allylic oxidation sites excluding steroid dienone is 12. The molecule has 0 aromatic rings. The fourth-order valence-corrected chi connectivity index (χ4v) is 8.79. The molecule has 0 saturated heterocycles. The second-order valence-corrected chi connectivity index (χ2v) is 23.8. The number of fused-ring (bicyclic) bond motifs is 1. The summed E-state index contributed by atoms with van der Waals surface area (Å²) < 4.78 is 0. The summed E-state index contributed by atoms with van der Waals surface area (Å²) in [5.74, 6) is 2.60. The molecule has 82 heavy (non-hydrogen) atoms. The number of hydrogen-bond donors (Lipinski definition) is 0. The highest BCUT2D eigenvalue weighted by molar-refractivity contribution is 5.75. The maximum Gasteiger partial charge on any atom is 0.142 e. The minimum absolute atomic E-state index is 0.271. The molecule has 0 aromatic heterocycles. The number of rotatable bonds is 41. The van der Waals surface area contributed by atoms with E-state index in [1.54, 1.807) is 31.6 Å². The fourth-order valence-electron chi connectivity index (χ4n) is 8.79. The molecule has 0 amide bonds. The first-order valence-corrected chi connectivity index (χ1v) is 33.4. The first-order chi connectivity index (χ1) is 39.3. The van der Waals surface area contributed by atoms with E-state index >= 15 is 0 Å². The number of carbonyl (C=O) groups excluding carboxylic acids is 7. The summed E-state index contributed by atoms with van der Waals surface area (Å²) in [6.07, 6.45) is 64.8. The molecular formula is C75H136O7. The standard InChI is InChI=1S/C13H22O.C10H20O.C10H16.C9H18O.C9H16O.C8H14O.C8H16O.C8H14O/c1-11(2)7-5-8-12(3)9-6-10-13(4)14;1-2-3-4-5-6-7-8-9-10-11;1-7-4-5-8-9(6-7)10(8,2)3;2*1-2-3-4-5-6-7-8-9-10;1-7(2)5-4-6-8(3)9;2*1-2-3-4-5-6-7-8-9/h7,9H,5-6,8,10H2,1-4H3;10H,2-9H2,1H3;4,8-9H,5-6H2,1-3H3;9H,2-8H2,1H3;7-9H,2-6H2,1H3;5H,4,6H2,1-3H3;8H,2-7H2,1H3;6-8H,2-5H2,1H3/b12-9+;;;;8-7+;;;7-6+. The predicted molar refractivity (Wildman–Crippen MR) is 361 cm³/mol. The van der Waals surface area contributed by atoms with Gasteiger partial charge in [-0.05, 0) is 168 Å². The van der Waals surface area contributed by atoms with Gasteiger partial charge in [0.05, 0.1) is 0 Å². The number of aldehydes is 5. The van der Waals surface area contributed by atoms with Gasteiger partial charge in [0, 0.05) is 32.1 Å². The van der Waals surface area contributed by atoms with Gasteiger partial charge < -0.3 is 24.0 Å². The minimum Gasteiger partial charge on any atom is -0.303 e. The molecule has 478 valence electrons. The smallest absolute Gasteiger partial charge is 0.142 e. The molecule has 0 heterocycles. The molecule has 0 aromatic carbocycles. The predicted octanol–water partition coefficient (Wildman–Crippen LogP) is 23.2. The Balaban J connectivity index is -0.000000202. The van der Waals surface area contributed by atoms with E-state index in [-0.39, 0.29) is 11.6 Å². The Bertz CT molecular complexity index is 1610. The SMILES string of the molecule is CC(=O)CC/C=C(\C)CCC=C(C)C.CC(=O)CCC=C(C)C.CC1=CCC2C(C1)C2(C)C.CCCCC/C=C/C=O.CCCCCC/C=C/C=O.CCCCCCCC=O.CCCCCCCCC=O.CCCCCCCCCC=O. The Kier molecular flexibility index (Phi) is 81.9. The van der Waals surface area contributed by atoms with E-state index in [9.17, 15) is 33.6 Å². The molecule has 0 spiro atoms. The largest absolute Gasteiger partial charge is 0.303 e. The van der Waals surface area contributed by atoms with Crippen molar-refractivity contribution >= 4 is 43.0 Å². The lowest BCUT2D eigenvalue weighted by molar-refractivity contribution is -0.117. The summed E-state index contributed by atoms with van der Waals surface area (Å²) in [5.41, 5.74) is 6.35. The third-order valence-electron chi connectivity index (χ3n) is 14.3. The molecule has 1 saturated carbocycles. The summed E-state index contributed by atoms with van der Waals surface area (Å²) in [7, 11) is 0. The summed E-state index contributed by atoms with van der Waals surface area (Å²) in [4.78, 5) is 70.3. The summed E-state index contributed by atoms with van der Waals surface area (Å²) in [6, 6.07) is 0. The van der Waals surface area contributed by atoms with Crippen LogP contribution >= 0.6 is 0 Å². The summed E-state index contributed by atoms with van der Waals surface area (Å²) in [5, 5.41) is 0. The van der Waals surface area contributed by atoms with Crippen molar-refractivity contribution < 1.29 is 33.6 Å². The van der Waals surface area contributed by atoms with Crippen molar-refractivity contribution in [3.8, 4) is 0 Å². The molecule has 0 radical (unpaired) electrons. The van der Waals surface area contributed by atoms with E-state index in [1.165, 1.54) is 171 Å². The number of carbonyl (C=O) groups is 7. The van der Waals surface area contributed by atoms with Crippen LogP contribution in [0.15, 0.2) is 70.9 Å². The normalized spacial score (nSPS) is 14.0. The van der Waals surface area contributed by atoms with Gasteiger partial charge in [-0.1, -0.05) is 236 Å². The van der Waals surface area contributed by atoms with Crippen LogP contribution in [0.4, 0.5) is 0 Å². The van der Waals surface area contributed by atoms with Gasteiger partial charge in [0.25, 0.3) is 0 Å². The van der Waals surface area contributed by atoms with Gasteiger partial charge in [0.15, 0.2) is 0 Å². The van der Waals surface area contributed by atoms with Crippen LogP contribution in [0.25, 0.3) is 0 Å². The van der Waals surface area contributed by atoms with E-state index in [0.29, 0.717) is 18.3 Å². The number of hydrogen-bond acceptors (Lipinski definition) is 7. The first-order valence-electron chi connectivity index (χ1n) is 33.4. The second-order valence-electron chi connectivity index (χ2n) is 23.8. The van der Waals surface area contributed by atoms with E-state index in [1.807, 2.05) is 26.0 Å². The first kappa shape index (κ1) is 89.3. The minimum atomic E-state index is 0.271. The number of Topliss-reactive ketones (excluding diaryl/α,β-unsaturated/α-hetero) is 2.